The Bertz CT molecular complexity index is 1860. The fourth-order valence-corrected chi connectivity index (χ4v) is 7.91. The number of ether oxygens (including phenoxy) is 2. The summed E-state index contributed by atoms with van der Waals surface area (Å²) in [5.74, 6) is -9.84. The predicted molar refractivity (Wildman–Crippen MR) is 153 cm³/mol. The molecule has 0 aliphatic carbocycles. The van der Waals surface area contributed by atoms with Crippen LogP contribution in [0.2, 0.25) is 0 Å². The van der Waals surface area contributed by atoms with Crippen LogP contribution in [-0.4, -0.2) is 130 Å². The fourth-order valence-electron chi connectivity index (χ4n) is 5.95. The number of hydrogen-bond donors (Lipinski definition) is 6. The van der Waals surface area contributed by atoms with E-state index < -0.39 is 118 Å². The van der Waals surface area contributed by atoms with E-state index in [4.69, 9.17) is 9.47 Å². The summed E-state index contributed by atoms with van der Waals surface area (Å²) in [5.41, 5.74) is -6.21. The second-order valence-corrected chi connectivity index (χ2v) is 13.8. The minimum absolute atomic E-state index is 0.314. The molecule has 0 saturated carbocycles. The number of rotatable bonds is 8. The van der Waals surface area contributed by atoms with Gasteiger partial charge in [-0.3, -0.25) is 0 Å². The van der Waals surface area contributed by atoms with Crippen LogP contribution in [0.25, 0.3) is 22.5 Å². The second kappa shape index (κ2) is 13.8. The summed E-state index contributed by atoms with van der Waals surface area (Å²) >= 11 is 0. The van der Waals surface area contributed by atoms with Crippen molar-refractivity contribution in [3.05, 3.63) is 71.6 Å². The molecule has 23 heteroatoms. The zero-order valence-corrected chi connectivity index (χ0v) is 26.1. The first-order valence-electron chi connectivity index (χ1n) is 14.7. The van der Waals surface area contributed by atoms with Gasteiger partial charge in [-0.15, -0.1) is 10.2 Å². The molecule has 0 unspecified atom stereocenters. The van der Waals surface area contributed by atoms with Gasteiger partial charge >= 0.3 is 0 Å². The van der Waals surface area contributed by atoms with E-state index >= 15 is 0 Å². The molecule has 0 amide bonds. The Balaban J connectivity index is 1.33. The van der Waals surface area contributed by atoms with Crippen LogP contribution in [0.5, 0.6) is 0 Å². The van der Waals surface area contributed by atoms with Crippen molar-refractivity contribution in [1.82, 2.24) is 30.0 Å². The molecule has 51 heavy (non-hydrogen) atoms. The van der Waals surface area contributed by atoms with Crippen molar-refractivity contribution in [2.45, 2.75) is 59.6 Å². The van der Waals surface area contributed by atoms with Crippen LogP contribution in [0, 0.1) is 34.9 Å². The van der Waals surface area contributed by atoms with Gasteiger partial charge in [0.05, 0.1) is 25.6 Å². The van der Waals surface area contributed by atoms with E-state index in [2.05, 4.69) is 20.6 Å². The maximum Gasteiger partial charge on any atom is 0.209 e. The minimum atomic E-state index is -5.21. The lowest BCUT2D eigenvalue weighted by atomic mass is 9.97. The van der Waals surface area contributed by atoms with E-state index in [0.717, 1.165) is 12.4 Å². The molecule has 4 aromatic rings. The molecule has 6 rings (SSSR count). The first-order valence-corrected chi connectivity index (χ1v) is 16.3. The van der Waals surface area contributed by atoms with Gasteiger partial charge in [-0.05, 0) is 24.3 Å². The van der Waals surface area contributed by atoms with Gasteiger partial charge in [0, 0.05) is 11.1 Å². The van der Waals surface area contributed by atoms with E-state index in [0.29, 0.717) is 33.6 Å². The molecule has 276 valence electrons. The van der Waals surface area contributed by atoms with Gasteiger partial charge in [0.1, 0.15) is 60.1 Å². The lowest BCUT2D eigenvalue weighted by Gasteiger charge is -2.46. The summed E-state index contributed by atoms with van der Waals surface area (Å²) in [6.45, 7) is -2.10. The highest BCUT2D eigenvalue weighted by Gasteiger charge is 2.58. The number of sulfone groups is 1. The highest BCUT2D eigenvalue weighted by atomic mass is 32.2. The third kappa shape index (κ3) is 6.37. The molecule has 2 aromatic heterocycles. The number of nitrogens with zero attached hydrogens (tertiary/aromatic N) is 6. The van der Waals surface area contributed by atoms with Crippen LogP contribution in [0.1, 0.15) is 12.1 Å². The van der Waals surface area contributed by atoms with E-state index in [-0.39, 0.29) is 22.5 Å². The highest BCUT2D eigenvalue weighted by molar-refractivity contribution is 7.92. The summed E-state index contributed by atoms with van der Waals surface area (Å²) in [7, 11) is -5.21. The van der Waals surface area contributed by atoms with Gasteiger partial charge in [-0.2, -0.15) is 0 Å². The van der Waals surface area contributed by atoms with Crippen LogP contribution < -0.4 is 0 Å². The van der Waals surface area contributed by atoms with Gasteiger partial charge in [0.2, 0.25) is 9.84 Å². The number of halogens is 6. The van der Waals surface area contributed by atoms with Crippen LogP contribution in [0.15, 0.2) is 36.7 Å². The van der Waals surface area contributed by atoms with Gasteiger partial charge in [0.15, 0.2) is 45.8 Å². The zero-order valence-electron chi connectivity index (χ0n) is 25.3. The normalized spacial score (nSPS) is 30.1. The Morgan fingerprint density at radius 3 is 1.25 bits per heavy atom. The number of aliphatic hydroxyl groups excluding tert-OH is 6. The van der Waals surface area contributed by atoms with Gasteiger partial charge in [-0.1, -0.05) is 10.4 Å². The molecule has 6 N–H and O–H groups in total. The Morgan fingerprint density at radius 1 is 0.608 bits per heavy atom. The van der Waals surface area contributed by atoms with Crippen molar-refractivity contribution in [2.75, 3.05) is 13.2 Å². The molecule has 2 aliphatic heterocycles. The molecule has 2 aliphatic rings. The van der Waals surface area contributed by atoms with E-state index in [1.165, 1.54) is 0 Å². The van der Waals surface area contributed by atoms with Crippen LogP contribution in [0.3, 0.4) is 0 Å². The largest absolute Gasteiger partial charge is 0.394 e. The monoisotopic (exact) mass is 752 g/mol. The first-order chi connectivity index (χ1) is 24.1. The van der Waals surface area contributed by atoms with Crippen molar-refractivity contribution in [3.8, 4) is 22.5 Å². The lowest BCUT2D eigenvalue weighted by Crippen LogP contribution is -2.64. The molecule has 16 nitrogen and oxygen atoms in total. The highest BCUT2D eigenvalue weighted by Crippen LogP contribution is 2.39. The number of aliphatic hydroxyl groups is 6. The number of hydrogen-bond acceptors (Lipinski definition) is 14. The van der Waals surface area contributed by atoms with Crippen molar-refractivity contribution in [3.63, 3.8) is 0 Å². The van der Waals surface area contributed by atoms with Crippen molar-refractivity contribution < 1.29 is 74.9 Å². The quantitative estimate of drug-likeness (QED) is 0.0948. The van der Waals surface area contributed by atoms with Gasteiger partial charge < -0.3 is 40.1 Å². The molecule has 0 spiro atoms. The summed E-state index contributed by atoms with van der Waals surface area (Å²) in [6.07, 6.45) is -10.2. The first kappa shape index (κ1) is 36.7. The third-order valence-electron chi connectivity index (χ3n) is 8.54. The minimum Gasteiger partial charge on any atom is -0.394 e. The molecular formula is C28H26F6N6O10S. The Morgan fingerprint density at radius 2 is 0.941 bits per heavy atom. The molecular weight excluding hydrogens is 726 g/mol. The zero-order chi connectivity index (χ0) is 37.1. The average Bonchev–Trinajstić information content (AvgIpc) is 3.77. The SMILES string of the molecule is O=S(=O)([C@H]1O[C@H](CO)[C@H](O)[C@H](n2cc(-c3cc(F)c(F)c(F)c3)nn2)[C@H]1O)[C@H]1O[C@H](CO)[C@H](O)[C@H](n2cc(-c3cc(F)c(F)c(F)c3)nn2)[C@H]1O. The van der Waals surface area contributed by atoms with E-state index in [1.807, 2.05) is 0 Å². The predicted octanol–water partition coefficient (Wildman–Crippen LogP) is -0.887. The van der Waals surface area contributed by atoms with E-state index in [9.17, 15) is 65.4 Å². The molecule has 0 bridgehead atoms. The standard InChI is InChI=1S/C28H26F6N6O10S/c29-11-1-9(2-12(30)19(11)33)15-5-39(37-35-15)21-23(43)17(7-41)49-27(25(21)45)51(47,48)28-26(46)22(24(44)18(8-42)50-28)40-6-16(36-38-40)10-3-13(31)20(34)14(32)4-10/h1-6,17-18,21-28,41-46H,7-8H2/t17-,18-,21+,22+,23+,24+,25-,26-,27-,28-/m1/s1. The van der Waals surface area contributed by atoms with Crippen molar-refractivity contribution >= 4 is 9.84 Å². The third-order valence-corrected chi connectivity index (χ3v) is 10.6. The fraction of sp³-hybridized carbons (Fsp3) is 0.429. The summed E-state index contributed by atoms with van der Waals surface area (Å²) < 4.78 is 123. The van der Waals surface area contributed by atoms with E-state index in [1.54, 1.807) is 0 Å². The van der Waals surface area contributed by atoms with Crippen molar-refractivity contribution in [1.29, 1.82) is 0 Å². The number of benzene rings is 2. The Kier molecular flexibility index (Phi) is 9.94. The molecule has 0 radical (unpaired) electrons. The maximum atomic E-state index is 14.1. The van der Waals surface area contributed by atoms with Crippen LogP contribution in [-0.2, 0) is 19.3 Å². The molecule has 4 heterocycles. The summed E-state index contributed by atoms with van der Waals surface area (Å²) in [4.78, 5) is 0. The molecule has 2 aromatic carbocycles. The van der Waals surface area contributed by atoms with Gasteiger partial charge in [-0.25, -0.2) is 44.1 Å². The van der Waals surface area contributed by atoms with Gasteiger partial charge in [0.25, 0.3) is 0 Å². The maximum absolute atomic E-state index is 14.1. The molecule has 2 saturated heterocycles. The second-order valence-electron chi connectivity index (χ2n) is 11.7. The van der Waals surface area contributed by atoms with Crippen LogP contribution in [0.4, 0.5) is 26.3 Å². The molecule has 10 atom stereocenters. The smallest absolute Gasteiger partial charge is 0.209 e. The summed E-state index contributed by atoms with van der Waals surface area (Å²) in [6, 6.07) is -1.34. The summed E-state index contributed by atoms with van der Waals surface area (Å²) in [5, 5.41) is 79.1. The van der Waals surface area contributed by atoms with Crippen LogP contribution >= 0.6 is 0 Å². The average molecular weight is 753 g/mol. The molecule has 2 fully saturated rings. The topological polar surface area (TPSA) is 235 Å². The Hall–Kier alpha value is -4.07. The van der Waals surface area contributed by atoms with Crippen molar-refractivity contribution in [2.24, 2.45) is 0 Å². The lowest BCUT2D eigenvalue weighted by molar-refractivity contribution is -0.193. The number of aromatic nitrogens is 6. The Labute approximate surface area is 281 Å².